The van der Waals surface area contributed by atoms with Crippen LogP contribution in [-0.2, 0) is 0 Å². The highest BCUT2D eigenvalue weighted by atomic mass is 14.1. The lowest BCUT2D eigenvalue weighted by Gasteiger charge is -2.01. The van der Waals surface area contributed by atoms with Crippen molar-refractivity contribution in [1.29, 1.82) is 0 Å². The summed E-state index contributed by atoms with van der Waals surface area (Å²) < 4.78 is 0. The van der Waals surface area contributed by atoms with Crippen LogP contribution in [0.25, 0.3) is 32.7 Å². The number of fused-ring (bicyclic) bond motifs is 4. The van der Waals surface area contributed by atoms with Crippen LogP contribution in [-0.4, -0.2) is 0 Å². The molecule has 0 bridgehead atoms. The Labute approximate surface area is 119 Å². The van der Waals surface area contributed by atoms with Crippen LogP contribution in [0.15, 0.2) is 60.7 Å². The fourth-order valence-electron chi connectivity index (χ4n) is 3.09. The monoisotopic (exact) mass is 256 g/mol. The molecule has 0 N–H and O–H groups in total. The van der Waals surface area contributed by atoms with E-state index in [1.807, 2.05) is 0 Å². The molecule has 2 aliphatic rings. The predicted molar refractivity (Wildman–Crippen MR) is 87.6 cm³/mol. The smallest absolute Gasteiger partial charge is 0.0102 e. The van der Waals surface area contributed by atoms with Gasteiger partial charge >= 0.3 is 0 Å². The van der Waals surface area contributed by atoms with E-state index in [0.29, 0.717) is 0 Å². The second-order valence-corrected chi connectivity index (χ2v) is 5.59. The van der Waals surface area contributed by atoms with Gasteiger partial charge < -0.3 is 0 Å². The summed E-state index contributed by atoms with van der Waals surface area (Å²) >= 11 is 0. The molecule has 0 unspecified atom stereocenters. The minimum Gasteiger partial charge on any atom is -0.0616 e. The van der Waals surface area contributed by atoms with Crippen molar-refractivity contribution in [2.24, 2.45) is 0 Å². The van der Waals surface area contributed by atoms with Crippen molar-refractivity contribution in [1.82, 2.24) is 0 Å². The quantitative estimate of drug-likeness (QED) is 0.378. The lowest BCUT2D eigenvalue weighted by molar-refractivity contribution is 1.39. The fraction of sp³-hybridized carbons (Fsp3) is 0.100. The van der Waals surface area contributed by atoms with Crippen LogP contribution in [0, 0.1) is 13.8 Å². The SMILES string of the molecule is Cc1ccc2c3ccc4ccccc4cc-3cc2c1C. The third-order valence-corrected chi connectivity index (χ3v) is 4.42. The van der Waals surface area contributed by atoms with Gasteiger partial charge in [-0.25, -0.2) is 0 Å². The summed E-state index contributed by atoms with van der Waals surface area (Å²) in [4.78, 5) is 0. The van der Waals surface area contributed by atoms with Gasteiger partial charge in [0.25, 0.3) is 0 Å². The average Bonchev–Trinajstić information content (AvgIpc) is 2.70. The molecule has 2 aromatic carbocycles. The van der Waals surface area contributed by atoms with Gasteiger partial charge in [-0.3, -0.25) is 0 Å². The molecular formula is C20H16. The van der Waals surface area contributed by atoms with Crippen LogP contribution in [0.4, 0.5) is 0 Å². The highest BCUT2D eigenvalue weighted by Crippen LogP contribution is 2.37. The summed E-state index contributed by atoms with van der Waals surface area (Å²) in [5.74, 6) is 0. The highest BCUT2D eigenvalue weighted by Gasteiger charge is 2.11. The van der Waals surface area contributed by atoms with Crippen LogP contribution >= 0.6 is 0 Å². The largest absolute Gasteiger partial charge is 0.0616 e. The van der Waals surface area contributed by atoms with Gasteiger partial charge in [-0.2, -0.15) is 0 Å². The lowest BCUT2D eigenvalue weighted by atomic mass is 10.0. The summed E-state index contributed by atoms with van der Waals surface area (Å²) in [6.07, 6.45) is 0. The molecule has 0 spiro atoms. The Morgan fingerprint density at radius 2 is 1.45 bits per heavy atom. The first-order chi connectivity index (χ1) is 9.74. The normalized spacial score (nSPS) is 11.5. The molecule has 0 saturated carbocycles. The molecule has 0 atom stereocenters. The van der Waals surface area contributed by atoms with E-state index in [4.69, 9.17) is 0 Å². The molecule has 20 heavy (non-hydrogen) atoms. The minimum atomic E-state index is 1.29. The second-order valence-electron chi connectivity index (χ2n) is 5.59. The van der Waals surface area contributed by atoms with E-state index in [1.165, 1.54) is 43.8 Å². The van der Waals surface area contributed by atoms with Gasteiger partial charge in [0.05, 0.1) is 0 Å². The van der Waals surface area contributed by atoms with Crippen LogP contribution in [0.3, 0.4) is 0 Å². The van der Waals surface area contributed by atoms with Gasteiger partial charge in [0.15, 0.2) is 0 Å². The van der Waals surface area contributed by atoms with Crippen molar-refractivity contribution in [3.63, 3.8) is 0 Å². The topological polar surface area (TPSA) is 0 Å². The third kappa shape index (κ3) is 1.55. The van der Waals surface area contributed by atoms with E-state index in [1.54, 1.807) is 0 Å². The standard InChI is InChI=1S/C20H16/c1-13-7-9-19-18-10-8-15-5-3-4-6-16(15)11-17(18)12-20(19)14(13)2/h3-12H,1-2H3. The fourth-order valence-corrected chi connectivity index (χ4v) is 3.09. The molecule has 2 aromatic rings. The van der Waals surface area contributed by atoms with Gasteiger partial charge in [0.1, 0.15) is 0 Å². The van der Waals surface area contributed by atoms with Gasteiger partial charge in [0, 0.05) is 0 Å². The van der Waals surface area contributed by atoms with E-state index in [0.717, 1.165) is 0 Å². The first-order valence-corrected chi connectivity index (χ1v) is 7.05. The Balaban J connectivity index is 2.19. The van der Waals surface area contributed by atoms with E-state index in [-0.39, 0.29) is 0 Å². The van der Waals surface area contributed by atoms with Gasteiger partial charge in [-0.05, 0) is 69.8 Å². The van der Waals surface area contributed by atoms with Gasteiger partial charge in [-0.15, -0.1) is 0 Å². The average molecular weight is 256 g/mol. The number of aryl methyl sites for hydroxylation is 2. The third-order valence-electron chi connectivity index (χ3n) is 4.42. The molecule has 0 nitrogen and oxygen atoms in total. The van der Waals surface area contributed by atoms with E-state index in [9.17, 15) is 0 Å². The Hall–Kier alpha value is -2.34. The molecule has 4 rings (SSSR count). The molecule has 0 aliphatic heterocycles. The molecule has 2 aliphatic carbocycles. The Kier molecular flexibility index (Phi) is 2.34. The van der Waals surface area contributed by atoms with Crippen molar-refractivity contribution >= 4 is 21.5 Å². The summed E-state index contributed by atoms with van der Waals surface area (Å²) in [6.45, 7) is 4.40. The molecule has 0 heteroatoms. The molecule has 0 amide bonds. The van der Waals surface area contributed by atoms with Crippen molar-refractivity contribution in [2.75, 3.05) is 0 Å². The van der Waals surface area contributed by atoms with Crippen molar-refractivity contribution in [3.8, 4) is 11.1 Å². The zero-order chi connectivity index (χ0) is 13.7. The maximum absolute atomic E-state index is 2.33. The first kappa shape index (κ1) is 11.5. The number of hydrogen-bond acceptors (Lipinski definition) is 0. The second kappa shape index (κ2) is 4.08. The van der Waals surface area contributed by atoms with Crippen LogP contribution in [0.5, 0.6) is 0 Å². The maximum Gasteiger partial charge on any atom is -0.0102 e. The molecule has 96 valence electrons. The number of hydrogen-bond donors (Lipinski definition) is 0. The number of benzene rings is 2. The van der Waals surface area contributed by atoms with E-state index in [2.05, 4.69) is 74.5 Å². The molecule has 0 saturated heterocycles. The van der Waals surface area contributed by atoms with Crippen molar-refractivity contribution in [2.45, 2.75) is 13.8 Å². The zero-order valence-corrected chi connectivity index (χ0v) is 11.8. The lowest BCUT2D eigenvalue weighted by Crippen LogP contribution is -1.79. The highest BCUT2D eigenvalue weighted by molar-refractivity contribution is 6.05. The zero-order valence-electron chi connectivity index (χ0n) is 11.8. The molecule has 0 fully saturated rings. The summed E-state index contributed by atoms with van der Waals surface area (Å²) in [5.41, 5.74) is 5.43. The van der Waals surface area contributed by atoms with Crippen molar-refractivity contribution in [3.05, 3.63) is 71.8 Å². The Bertz CT molecular complexity index is 916. The number of rotatable bonds is 0. The van der Waals surface area contributed by atoms with Gasteiger partial charge in [0.2, 0.25) is 0 Å². The summed E-state index contributed by atoms with van der Waals surface area (Å²) in [7, 11) is 0. The van der Waals surface area contributed by atoms with Crippen LogP contribution in [0.1, 0.15) is 11.1 Å². The molecule has 0 heterocycles. The first-order valence-electron chi connectivity index (χ1n) is 7.05. The molecule has 0 aromatic heterocycles. The van der Waals surface area contributed by atoms with Crippen LogP contribution < -0.4 is 0 Å². The van der Waals surface area contributed by atoms with Crippen LogP contribution in [0.2, 0.25) is 0 Å². The molecular weight excluding hydrogens is 240 g/mol. The van der Waals surface area contributed by atoms with Gasteiger partial charge in [-0.1, -0.05) is 48.5 Å². The Morgan fingerprint density at radius 3 is 2.30 bits per heavy atom. The van der Waals surface area contributed by atoms with E-state index < -0.39 is 0 Å². The minimum absolute atomic E-state index is 1.29. The maximum atomic E-state index is 2.33. The summed E-state index contributed by atoms with van der Waals surface area (Å²) in [5, 5.41) is 5.34. The predicted octanol–water partition coefficient (Wildman–Crippen LogP) is 5.71. The Morgan fingerprint density at radius 1 is 0.650 bits per heavy atom. The van der Waals surface area contributed by atoms with Crippen molar-refractivity contribution < 1.29 is 0 Å². The summed E-state index contributed by atoms with van der Waals surface area (Å²) in [6, 6.07) is 22.2. The molecule has 0 radical (unpaired) electrons. The van der Waals surface area contributed by atoms with E-state index >= 15 is 0 Å².